The second-order valence-electron chi connectivity index (χ2n) is 5.56. The van der Waals surface area contributed by atoms with Gasteiger partial charge in [0.05, 0.1) is 12.6 Å². The average molecular weight is 280 g/mol. The summed E-state index contributed by atoms with van der Waals surface area (Å²) in [6.07, 6.45) is 1.27. The van der Waals surface area contributed by atoms with Gasteiger partial charge >= 0.3 is 6.18 Å². The number of ether oxygens (including phenoxy) is 1. The lowest BCUT2D eigenvalue weighted by molar-refractivity contribution is -0.148. The van der Waals surface area contributed by atoms with Crippen LogP contribution in [0.25, 0.3) is 0 Å². The van der Waals surface area contributed by atoms with E-state index in [2.05, 4.69) is 5.32 Å². The van der Waals surface area contributed by atoms with Crippen LogP contribution in [0.15, 0.2) is 0 Å². The lowest BCUT2D eigenvalue weighted by Gasteiger charge is -2.34. The fourth-order valence-corrected chi connectivity index (χ4v) is 2.82. The highest BCUT2D eigenvalue weighted by molar-refractivity contribution is 4.80. The van der Waals surface area contributed by atoms with Crippen LogP contribution in [0.4, 0.5) is 13.2 Å². The molecule has 0 saturated carbocycles. The van der Waals surface area contributed by atoms with Gasteiger partial charge in [0.25, 0.3) is 0 Å². The van der Waals surface area contributed by atoms with E-state index in [1.807, 2.05) is 0 Å². The van der Waals surface area contributed by atoms with Gasteiger partial charge in [0.15, 0.2) is 0 Å². The molecule has 0 aromatic carbocycles. The number of alkyl halides is 3. The lowest BCUT2D eigenvalue weighted by atomic mass is 10.0. The fourth-order valence-electron chi connectivity index (χ4n) is 2.82. The minimum atomic E-state index is -4.07. The highest BCUT2D eigenvalue weighted by Gasteiger charge is 2.32. The van der Waals surface area contributed by atoms with Crippen LogP contribution in [0.1, 0.15) is 32.1 Å². The Labute approximate surface area is 112 Å². The number of likely N-dealkylation sites (tertiary alicyclic amines) is 1. The number of hydrogen-bond acceptors (Lipinski definition) is 3. The molecule has 2 aliphatic heterocycles. The minimum absolute atomic E-state index is 0.293. The summed E-state index contributed by atoms with van der Waals surface area (Å²) in [7, 11) is 0. The van der Waals surface area contributed by atoms with Crippen LogP contribution in [-0.2, 0) is 4.74 Å². The topological polar surface area (TPSA) is 24.5 Å². The predicted octanol–water partition coefficient (Wildman–Crippen LogP) is 2.17. The Kier molecular flexibility index (Phi) is 5.47. The van der Waals surface area contributed by atoms with Crippen molar-refractivity contribution in [3.63, 3.8) is 0 Å². The van der Waals surface area contributed by atoms with Crippen LogP contribution in [0.3, 0.4) is 0 Å². The Balaban J connectivity index is 1.60. The number of halogens is 3. The van der Waals surface area contributed by atoms with Gasteiger partial charge in [-0.2, -0.15) is 13.2 Å². The van der Waals surface area contributed by atoms with E-state index in [1.165, 1.54) is 11.3 Å². The summed E-state index contributed by atoms with van der Waals surface area (Å²) in [5.74, 6) is 0. The van der Waals surface area contributed by atoms with Gasteiger partial charge in [0, 0.05) is 19.2 Å². The van der Waals surface area contributed by atoms with Crippen LogP contribution >= 0.6 is 0 Å². The molecule has 2 saturated heterocycles. The van der Waals surface area contributed by atoms with Crippen molar-refractivity contribution < 1.29 is 17.9 Å². The molecule has 0 amide bonds. The fraction of sp³-hybridized carbons (Fsp3) is 1.00. The molecule has 0 aromatic rings. The van der Waals surface area contributed by atoms with Crippen LogP contribution in [-0.4, -0.2) is 56.0 Å². The second kappa shape index (κ2) is 6.90. The standard InChI is InChI=1S/C13H23F3N2O/c14-13(15,16)10-18-6-4-11(5-7-18)17-9-12-3-1-2-8-19-12/h11-12,17H,1-10H2. The van der Waals surface area contributed by atoms with Gasteiger partial charge < -0.3 is 10.1 Å². The number of nitrogens with one attached hydrogen (secondary N) is 1. The number of piperidine rings is 1. The highest BCUT2D eigenvalue weighted by Crippen LogP contribution is 2.20. The monoisotopic (exact) mass is 280 g/mol. The molecule has 0 aliphatic carbocycles. The molecule has 0 radical (unpaired) electrons. The molecule has 3 nitrogen and oxygen atoms in total. The zero-order chi connectivity index (χ0) is 13.7. The molecule has 0 aromatic heterocycles. The SMILES string of the molecule is FC(F)(F)CN1CCC(NCC2CCCCO2)CC1. The van der Waals surface area contributed by atoms with Crippen molar-refractivity contribution >= 4 is 0 Å². The van der Waals surface area contributed by atoms with E-state index >= 15 is 0 Å². The first kappa shape index (κ1) is 15.1. The maximum atomic E-state index is 12.3. The minimum Gasteiger partial charge on any atom is -0.377 e. The second-order valence-corrected chi connectivity index (χ2v) is 5.56. The molecule has 6 heteroatoms. The molecular formula is C13H23F3N2O. The van der Waals surface area contributed by atoms with E-state index in [0.29, 0.717) is 25.2 Å². The van der Waals surface area contributed by atoms with Crippen molar-refractivity contribution in [3.05, 3.63) is 0 Å². The Hall–Kier alpha value is -0.330. The van der Waals surface area contributed by atoms with Gasteiger partial charge in [-0.15, -0.1) is 0 Å². The summed E-state index contributed by atoms with van der Waals surface area (Å²) < 4.78 is 42.4. The van der Waals surface area contributed by atoms with Crippen molar-refractivity contribution in [1.82, 2.24) is 10.2 Å². The smallest absolute Gasteiger partial charge is 0.377 e. The third-order valence-corrected chi connectivity index (χ3v) is 3.90. The maximum absolute atomic E-state index is 12.3. The summed E-state index contributed by atoms with van der Waals surface area (Å²) in [5.41, 5.74) is 0. The van der Waals surface area contributed by atoms with Gasteiger partial charge in [0.1, 0.15) is 0 Å². The normalized spacial score (nSPS) is 27.6. The summed E-state index contributed by atoms with van der Waals surface area (Å²) in [4.78, 5) is 1.50. The predicted molar refractivity (Wildman–Crippen MR) is 67.1 cm³/mol. The van der Waals surface area contributed by atoms with E-state index in [4.69, 9.17) is 4.74 Å². The van der Waals surface area contributed by atoms with Crippen LogP contribution in [0, 0.1) is 0 Å². The van der Waals surface area contributed by atoms with E-state index in [-0.39, 0.29) is 0 Å². The van der Waals surface area contributed by atoms with Crippen LogP contribution in [0.2, 0.25) is 0 Å². The number of hydrogen-bond donors (Lipinski definition) is 1. The van der Waals surface area contributed by atoms with Crippen molar-refractivity contribution in [2.24, 2.45) is 0 Å². The lowest BCUT2D eigenvalue weighted by Crippen LogP contribution is -2.47. The molecule has 19 heavy (non-hydrogen) atoms. The molecule has 1 unspecified atom stereocenters. The van der Waals surface area contributed by atoms with Crippen LogP contribution in [0.5, 0.6) is 0 Å². The van der Waals surface area contributed by atoms with E-state index in [9.17, 15) is 13.2 Å². The average Bonchev–Trinajstić information content (AvgIpc) is 2.37. The molecule has 2 fully saturated rings. The van der Waals surface area contributed by atoms with Gasteiger partial charge in [-0.05, 0) is 45.2 Å². The summed E-state index contributed by atoms with van der Waals surface area (Å²) >= 11 is 0. The van der Waals surface area contributed by atoms with Gasteiger partial charge in [-0.25, -0.2) is 0 Å². The van der Waals surface area contributed by atoms with Crippen molar-refractivity contribution in [1.29, 1.82) is 0 Å². The molecular weight excluding hydrogens is 257 g/mol. The Morgan fingerprint density at radius 3 is 2.42 bits per heavy atom. The Bertz CT molecular complexity index is 259. The first-order chi connectivity index (χ1) is 9.03. The quantitative estimate of drug-likeness (QED) is 0.854. The first-order valence-corrected chi connectivity index (χ1v) is 7.17. The van der Waals surface area contributed by atoms with Gasteiger partial charge in [-0.3, -0.25) is 4.90 Å². The van der Waals surface area contributed by atoms with Crippen molar-refractivity contribution in [2.75, 3.05) is 32.8 Å². The molecule has 112 valence electrons. The van der Waals surface area contributed by atoms with Gasteiger partial charge in [0.2, 0.25) is 0 Å². The molecule has 0 bridgehead atoms. The third-order valence-electron chi connectivity index (χ3n) is 3.90. The van der Waals surface area contributed by atoms with Crippen molar-refractivity contribution in [3.8, 4) is 0 Å². The van der Waals surface area contributed by atoms with Crippen molar-refractivity contribution in [2.45, 2.75) is 50.4 Å². The van der Waals surface area contributed by atoms with Gasteiger partial charge in [-0.1, -0.05) is 0 Å². The summed E-state index contributed by atoms with van der Waals surface area (Å²) in [5, 5.41) is 3.44. The van der Waals surface area contributed by atoms with Crippen LogP contribution < -0.4 is 5.32 Å². The zero-order valence-electron chi connectivity index (χ0n) is 11.2. The van der Waals surface area contributed by atoms with E-state index in [0.717, 1.165) is 38.8 Å². The number of rotatable bonds is 4. The largest absolute Gasteiger partial charge is 0.401 e. The third kappa shape index (κ3) is 5.67. The maximum Gasteiger partial charge on any atom is 0.401 e. The zero-order valence-corrected chi connectivity index (χ0v) is 11.2. The Morgan fingerprint density at radius 1 is 1.11 bits per heavy atom. The van der Waals surface area contributed by atoms with E-state index < -0.39 is 12.7 Å². The summed E-state index contributed by atoms with van der Waals surface area (Å²) in [6.45, 7) is 1.97. The number of nitrogens with zero attached hydrogens (tertiary/aromatic N) is 1. The molecule has 2 heterocycles. The van der Waals surface area contributed by atoms with E-state index in [1.54, 1.807) is 0 Å². The molecule has 1 N–H and O–H groups in total. The molecule has 0 spiro atoms. The Morgan fingerprint density at radius 2 is 1.84 bits per heavy atom. The summed E-state index contributed by atoms with van der Waals surface area (Å²) in [6, 6.07) is 0.343. The molecule has 2 aliphatic rings. The highest BCUT2D eigenvalue weighted by atomic mass is 19.4. The molecule has 1 atom stereocenters. The first-order valence-electron chi connectivity index (χ1n) is 7.17. The molecule has 2 rings (SSSR count).